The van der Waals surface area contributed by atoms with Crippen LogP contribution in [0.25, 0.3) is 11.1 Å². The van der Waals surface area contributed by atoms with Crippen molar-refractivity contribution in [3.05, 3.63) is 54.1 Å². The number of piperidine rings is 2. The summed E-state index contributed by atoms with van der Waals surface area (Å²) in [4.78, 5) is 2.48. The number of nitrogens with one attached hydrogen (secondary N) is 1. The van der Waals surface area contributed by atoms with Gasteiger partial charge < -0.3 is 15.2 Å². The Bertz CT molecular complexity index is 763. The van der Waals surface area contributed by atoms with Gasteiger partial charge in [-0.05, 0) is 54.3 Å². The molecule has 4 heteroatoms. The number of hydrogen-bond donors (Lipinski definition) is 2. The first kappa shape index (κ1) is 17.5. The molecule has 4 rings (SSSR count). The summed E-state index contributed by atoms with van der Waals surface area (Å²) >= 11 is 0. The van der Waals surface area contributed by atoms with Crippen molar-refractivity contribution in [2.24, 2.45) is 5.92 Å². The third-order valence-electron chi connectivity index (χ3n) is 5.96. The molecule has 2 fully saturated rings. The van der Waals surface area contributed by atoms with Crippen LogP contribution in [0.15, 0.2) is 48.5 Å². The molecule has 2 atom stereocenters. The van der Waals surface area contributed by atoms with Gasteiger partial charge in [-0.1, -0.05) is 30.3 Å². The van der Waals surface area contributed by atoms with E-state index in [1.165, 1.54) is 16.7 Å². The Balaban J connectivity index is 1.47. The Morgan fingerprint density at radius 2 is 1.96 bits per heavy atom. The molecular formula is C22H28N2O2. The van der Waals surface area contributed by atoms with E-state index in [2.05, 4.69) is 46.6 Å². The lowest BCUT2D eigenvalue weighted by Gasteiger charge is -2.47. The standard InChI is InChI=1S/C22H28N2O2/c1-26-21-7-3-6-19(13-21)18-5-2-4-17(12-18)15-24-11-9-22(25)8-10-23-14-20(22)16-24/h2-7,12-13,20,23,25H,8-11,14-16H2,1H3. The minimum absolute atomic E-state index is 0.339. The van der Waals surface area contributed by atoms with Crippen LogP contribution in [0.3, 0.4) is 0 Å². The molecule has 0 aromatic heterocycles. The Kier molecular flexibility index (Phi) is 4.98. The number of ether oxygens (including phenoxy) is 1. The van der Waals surface area contributed by atoms with E-state index in [-0.39, 0.29) is 0 Å². The first-order chi connectivity index (χ1) is 12.7. The van der Waals surface area contributed by atoms with Crippen LogP contribution in [0.5, 0.6) is 5.75 Å². The number of likely N-dealkylation sites (tertiary alicyclic amines) is 1. The Labute approximate surface area is 155 Å². The summed E-state index contributed by atoms with van der Waals surface area (Å²) < 4.78 is 5.35. The average molecular weight is 352 g/mol. The summed E-state index contributed by atoms with van der Waals surface area (Å²) in [5.74, 6) is 1.22. The maximum Gasteiger partial charge on any atom is 0.119 e. The van der Waals surface area contributed by atoms with E-state index in [4.69, 9.17) is 4.74 Å². The van der Waals surface area contributed by atoms with Gasteiger partial charge in [0.2, 0.25) is 0 Å². The summed E-state index contributed by atoms with van der Waals surface area (Å²) in [6.45, 7) is 4.74. The second-order valence-electron chi connectivity index (χ2n) is 7.67. The number of fused-ring (bicyclic) bond motifs is 1. The summed E-state index contributed by atoms with van der Waals surface area (Å²) in [5.41, 5.74) is 3.26. The molecule has 0 bridgehead atoms. The van der Waals surface area contributed by atoms with Crippen molar-refractivity contribution in [3.8, 4) is 16.9 Å². The largest absolute Gasteiger partial charge is 0.497 e. The fourth-order valence-electron chi connectivity index (χ4n) is 4.35. The van der Waals surface area contributed by atoms with E-state index in [0.717, 1.165) is 51.3 Å². The van der Waals surface area contributed by atoms with Gasteiger partial charge in [-0.3, -0.25) is 4.90 Å². The quantitative estimate of drug-likeness (QED) is 0.888. The second-order valence-corrected chi connectivity index (χ2v) is 7.67. The van der Waals surface area contributed by atoms with Crippen molar-refractivity contribution in [2.75, 3.05) is 33.3 Å². The molecule has 0 amide bonds. The molecule has 0 aliphatic carbocycles. The molecule has 0 radical (unpaired) electrons. The third-order valence-corrected chi connectivity index (χ3v) is 5.96. The van der Waals surface area contributed by atoms with Gasteiger partial charge in [0.1, 0.15) is 5.75 Å². The molecule has 2 saturated heterocycles. The molecule has 4 nitrogen and oxygen atoms in total. The van der Waals surface area contributed by atoms with Gasteiger partial charge in [0.15, 0.2) is 0 Å². The van der Waals surface area contributed by atoms with Crippen LogP contribution in [-0.2, 0) is 6.54 Å². The summed E-state index contributed by atoms with van der Waals surface area (Å²) in [6.07, 6.45) is 1.77. The predicted octanol–water partition coefficient (Wildman–Crippen LogP) is 2.91. The fourth-order valence-corrected chi connectivity index (χ4v) is 4.35. The van der Waals surface area contributed by atoms with E-state index >= 15 is 0 Å². The minimum atomic E-state index is -0.454. The number of nitrogens with zero attached hydrogens (tertiary/aromatic N) is 1. The zero-order valence-electron chi connectivity index (χ0n) is 15.4. The van der Waals surface area contributed by atoms with E-state index in [1.807, 2.05) is 12.1 Å². The lowest BCUT2D eigenvalue weighted by atomic mass is 9.76. The van der Waals surface area contributed by atoms with Gasteiger partial charge in [-0.2, -0.15) is 0 Å². The molecule has 2 aromatic carbocycles. The third kappa shape index (κ3) is 3.63. The van der Waals surface area contributed by atoms with Crippen LogP contribution < -0.4 is 10.1 Å². The van der Waals surface area contributed by atoms with Crippen LogP contribution in [0.1, 0.15) is 18.4 Å². The van der Waals surface area contributed by atoms with Crippen LogP contribution in [0, 0.1) is 5.92 Å². The predicted molar refractivity (Wildman–Crippen MR) is 104 cm³/mol. The maximum atomic E-state index is 10.8. The van der Waals surface area contributed by atoms with Crippen LogP contribution in [0.4, 0.5) is 0 Å². The zero-order valence-corrected chi connectivity index (χ0v) is 15.4. The summed E-state index contributed by atoms with van der Waals surface area (Å²) in [6, 6.07) is 17.0. The number of methoxy groups -OCH3 is 1. The van der Waals surface area contributed by atoms with Crippen molar-refractivity contribution in [1.82, 2.24) is 10.2 Å². The number of hydrogen-bond acceptors (Lipinski definition) is 4. The number of aliphatic hydroxyl groups is 1. The lowest BCUT2D eigenvalue weighted by molar-refractivity contribution is -0.0899. The Morgan fingerprint density at radius 1 is 1.15 bits per heavy atom. The molecular weight excluding hydrogens is 324 g/mol. The van der Waals surface area contributed by atoms with Crippen molar-refractivity contribution in [1.29, 1.82) is 0 Å². The highest BCUT2D eigenvalue weighted by Gasteiger charge is 2.42. The topological polar surface area (TPSA) is 44.7 Å². The van der Waals surface area contributed by atoms with Crippen LogP contribution in [-0.4, -0.2) is 48.9 Å². The smallest absolute Gasteiger partial charge is 0.119 e. The molecule has 26 heavy (non-hydrogen) atoms. The monoisotopic (exact) mass is 352 g/mol. The molecule has 138 valence electrons. The number of rotatable bonds is 4. The van der Waals surface area contributed by atoms with Crippen molar-refractivity contribution in [2.45, 2.75) is 25.0 Å². The van der Waals surface area contributed by atoms with Gasteiger partial charge in [0.25, 0.3) is 0 Å². The van der Waals surface area contributed by atoms with E-state index in [0.29, 0.717) is 5.92 Å². The molecule has 0 spiro atoms. The molecule has 2 aliphatic rings. The summed E-state index contributed by atoms with van der Waals surface area (Å²) in [7, 11) is 1.70. The van der Waals surface area contributed by atoms with E-state index in [1.54, 1.807) is 7.11 Å². The average Bonchev–Trinajstić information content (AvgIpc) is 2.68. The second kappa shape index (κ2) is 7.39. The highest BCUT2D eigenvalue weighted by atomic mass is 16.5. The van der Waals surface area contributed by atoms with Gasteiger partial charge in [0, 0.05) is 32.1 Å². The van der Waals surface area contributed by atoms with Crippen molar-refractivity contribution < 1.29 is 9.84 Å². The molecule has 2 heterocycles. The first-order valence-corrected chi connectivity index (χ1v) is 9.55. The minimum Gasteiger partial charge on any atom is -0.497 e. The van der Waals surface area contributed by atoms with Gasteiger partial charge in [-0.25, -0.2) is 0 Å². The molecule has 0 saturated carbocycles. The molecule has 2 unspecified atom stereocenters. The molecule has 2 aliphatic heterocycles. The van der Waals surface area contributed by atoms with E-state index < -0.39 is 5.60 Å². The van der Waals surface area contributed by atoms with Crippen molar-refractivity contribution in [3.63, 3.8) is 0 Å². The first-order valence-electron chi connectivity index (χ1n) is 9.55. The Morgan fingerprint density at radius 3 is 2.81 bits per heavy atom. The van der Waals surface area contributed by atoms with Gasteiger partial charge >= 0.3 is 0 Å². The molecule has 2 N–H and O–H groups in total. The maximum absolute atomic E-state index is 10.8. The van der Waals surface area contributed by atoms with Crippen LogP contribution in [0.2, 0.25) is 0 Å². The van der Waals surface area contributed by atoms with Crippen LogP contribution >= 0.6 is 0 Å². The zero-order chi connectivity index (χ0) is 18.0. The Hall–Kier alpha value is -1.88. The fraction of sp³-hybridized carbons (Fsp3) is 0.455. The summed E-state index contributed by atoms with van der Waals surface area (Å²) in [5, 5.41) is 14.3. The normalized spacial score (nSPS) is 26.3. The van der Waals surface area contributed by atoms with Gasteiger partial charge in [0.05, 0.1) is 12.7 Å². The SMILES string of the molecule is COc1cccc(-c2cccc(CN3CCC4(O)CCNCC4C3)c2)c1. The lowest BCUT2D eigenvalue weighted by Crippen LogP contribution is -2.58. The highest BCUT2D eigenvalue weighted by molar-refractivity contribution is 5.65. The highest BCUT2D eigenvalue weighted by Crippen LogP contribution is 2.33. The number of benzene rings is 2. The van der Waals surface area contributed by atoms with E-state index in [9.17, 15) is 5.11 Å². The molecule has 2 aromatic rings. The van der Waals surface area contributed by atoms with Crippen molar-refractivity contribution >= 4 is 0 Å². The van der Waals surface area contributed by atoms with Gasteiger partial charge in [-0.15, -0.1) is 0 Å².